The zero-order chi connectivity index (χ0) is 16.6. The number of sulfonamides is 1. The molecule has 1 fully saturated rings. The van der Waals surface area contributed by atoms with Gasteiger partial charge in [-0.2, -0.15) is 14.4 Å². The molecule has 0 radical (unpaired) electrons. The van der Waals surface area contributed by atoms with E-state index in [4.69, 9.17) is 4.52 Å². The van der Waals surface area contributed by atoms with Gasteiger partial charge in [0.05, 0.1) is 6.20 Å². The fourth-order valence-corrected chi connectivity index (χ4v) is 4.29. The van der Waals surface area contributed by atoms with Crippen molar-refractivity contribution in [3.8, 4) is 0 Å². The first kappa shape index (κ1) is 16.1. The van der Waals surface area contributed by atoms with E-state index in [1.54, 1.807) is 6.92 Å². The Morgan fingerprint density at radius 1 is 1.39 bits per heavy atom. The van der Waals surface area contributed by atoms with Gasteiger partial charge in [-0.15, -0.1) is 0 Å². The number of piperazine rings is 1. The van der Waals surface area contributed by atoms with E-state index in [0.29, 0.717) is 31.3 Å². The van der Waals surface area contributed by atoms with Crippen LogP contribution in [-0.2, 0) is 16.6 Å². The van der Waals surface area contributed by atoms with Gasteiger partial charge < -0.3 is 4.52 Å². The van der Waals surface area contributed by atoms with Crippen LogP contribution in [0.1, 0.15) is 24.7 Å². The lowest BCUT2D eigenvalue weighted by molar-refractivity contribution is 0.120. The minimum absolute atomic E-state index is 0.213. The molecule has 3 heterocycles. The summed E-state index contributed by atoms with van der Waals surface area (Å²) in [5.74, 6) is 0.978. The van der Waals surface area contributed by atoms with Gasteiger partial charge in [-0.05, 0) is 27.0 Å². The van der Waals surface area contributed by atoms with Crippen molar-refractivity contribution in [1.29, 1.82) is 0 Å². The number of likely N-dealkylation sites (N-methyl/N-ethyl adjacent to an activating group) is 1. The third-order valence-corrected chi connectivity index (χ3v) is 5.91. The summed E-state index contributed by atoms with van der Waals surface area (Å²) in [7, 11) is -1.68. The molecule has 0 aliphatic carbocycles. The SMILES string of the molecule is CCn1nccc1S(=O)(=O)N1CCN(C)C(c2nc(C)no2)C1. The summed E-state index contributed by atoms with van der Waals surface area (Å²) in [4.78, 5) is 6.26. The molecule has 2 aromatic rings. The van der Waals surface area contributed by atoms with E-state index in [1.165, 1.54) is 21.3 Å². The Hall–Kier alpha value is -1.78. The fraction of sp³-hybridized carbons (Fsp3) is 0.615. The largest absolute Gasteiger partial charge is 0.338 e. The highest BCUT2D eigenvalue weighted by Gasteiger charge is 2.37. The Bertz CT molecular complexity index is 783. The van der Waals surface area contributed by atoms with Gasteiger partial charge in [0, 0.05) is 26.2 Å². The predicted octanol–water partition coefficient (Wildman–Crippen LogP) is 0.272. The van der Waals surface area contributed by atoms with E-state index in [-0.39, 0.29) is 17.6 Å². The molecule has 0 amide bonds. The van der Waals surface area contributed by atoms with Gasteiger partial charge in [0.1, 0.15) is 6.04 Å². The van der Waals surface area contributed by atoms with Crippen molar-refractivity contribution < 1.29 is 12.9 Å². The fourth-order valence-electron chi connectivity index (χ4n) is 2.69. The van der Waals surface area contributed by atoms with Crippen molar-refractivity contribution in [3.63, 3.8) is 0 Å². The average molecular weight is 340 g/mol. The number of aryl methyl sites for hydroxylation is 2. The smallest absolute Gasteiger partial charge is 0.260 e. The Morgan fingerprint density at radius 2 is 2.17 bits per heavy atom. The minimum Gasteiger partial charge on any atom is -0.338 e. The van der Waals surface area contributed by atoms with Gasteiger partial charge in [0.25, 0.3) is 10.0 Å². The first-order valence-corrected chi connectivity index (χ1v) is 8.90. The molecule has 1 aliphatic rings. The van der Waals surface area contributed by atoms with Gasteiger partial charge in [-0.1, -0.05) is 5.16 Å². The van der Waals surface area contributed by atoms with Crippen LogP contribution in [0.2, 0.25) is 0 Å². The number of hydrogen-bond acceptors (Lipinski definition) is 7. The van der Waals surface area contributed by atoms with Gasteiger partial charge in [-0.25, -0.2) is 8.42 Å². The second kappa shape index (κ2) is 6.02. The highest BCUT2D eigenvalue weighted by molar-refractivity contribution is 7.89. The molecule has 0 aromatic carbocycles. The first-order chi connectivity index (χ1) is 10.9. The summed E-state index contributed by atoms with van der Waals surface area (Å²) in [5, 5.41) is 8.06. The summed E-state index contributed by atoms with van der Waals surface area (Å²) in [6.45, 7) is 5.38. The lowest BCUT2D eigenvalue weighted by Crippen LogP contribution is -2.49. The van der Waals surface area contributed by atoms with E-state index >= 15 is 0 Å². The summed E-state index contributed by atoms with van der Waals surface area (Å²) in [6.07, 6.45) is 1.51. The predicted molar refractivity (Wildman–Crippen MR) is 81.1 cm³/mol. The molecule has 3 rings (SSSR count). The number of rotatable bonds is 4. The highest BCUT2D eigenvalue weighted by Crippen LogP contribution is 2.26. The van der Waals surface area contributed by atoms with E-state index < -0.39 is 10.0 Å². The van der Waals surface area contributed by atoms with Crippen LogP contribution < -0.4 is 0 Å². The number of aromatic nitrogens is 4. The van der Waals surface area contributed by atoms with Gasteiger partial charge in [0.2, 0.25) is 5.89 Å². The standard InChI is InChI=1S/C13H20N6O3S/c1-4-19-12(5-6-14-19)23(20,21)18-8-7-17(3)11(9-18)13-15-10(2)16-22-13/h5-6,11H,4,7-9H2,1-3H3. The quantitative estimate of drug-likeness (QED) is 0.788. The maximum absolute atomic E-state index is 12.9. The summed E-state index contributed by atoms with van der Waals surface area (Å²) >= 11 is 0. The monoisotopic (exact) mass is 340 g/mol. The summed E-state index contributed by atoms with van der Waals surface area (Å²) in [6, 6.07) is 1.28. The van der Waals surface area contributed by atoms with Crippen molar-refractivity contribution in [2.24, 2.45) is 0 Å². The van der Waals surface area contributed by atoms with Crippen LogP contribution >= 0.6 is 0 Å². The molecule has 0 saturated carbocycles. The summed E-state index contributed by atoms with van der Waals surface area (Å²) < 4.78 is 34.0. The molecule has 23 heavy (non-hydrogen) atoms. The summed E-state index contributed by atoms with van der Waals surface area (Å²) in [5.41, 5.74) is 0. The van der Waals surface area contributed by atoms with Crippen LogP contribution in [0, 0.1) is 6.92 Å². The molecule has 126 valence electrons. The van der Waals surface area contributed by atoms with E-state index in [0.717, 1.165) is 0 Å². The van der Waals surface area contributed by atoms with Crippen LogP contribution in [-0.4, -0.2) is 64.2 Å². The third-order valence-electron chi connectivity index (χ3n) is 4.02. The molecular weight excluding hydrogens is 320 g/mol. The Kier molecular flexibility index (Phi) is 4.21. The van der Waals surface area contributed by atoms with Crippen LogP contribution in [0.3, 0.4) is 0 Å². The Morgan fingerprint density at radius 3 is 2.83 bits per heavy atom. The van der Waals surface area contributed by atoms with Crippen molar-refractivity contribution >= 4 is 10.0 Å². The lowest BCUT2D eigenvalue weighted by Gasteiger charge is -2.36. The molecule has 1 aliphatic heterocycles. The molecule has 1 atom stereocenters. The molecule has 10 heteroatoms. The van der Waals surface area contributed by atoms with E-state index in [1.807, 2.05) is 18.9 Å². The second-order valence-corrected chi connectivity index (χ2v) is 7.41. The Labute approximate surface area is 134 Å². The molecule has 0 spiro atoms. The van der Waals surface area contributed by atoms with Crippen molar-refractivity contribution in [1.82, 2.24) is 29.1 Å². The van der Waals surface area contributed by atoms with E-state index in [2.05, 4.69) is 15.2 Å². The molecule has 9 nitrogen and oxygen atoms in total. The van der Waals surface area contributed by atoms with Gasteiger partial charge in [0.15, 0.2) is 10.9 Å². The maximum Gasteiger partial charge on any atom is 0.260 e. The Balaban J connectivity index is 1.89. The average Bonchev–Trinajstić information content (AvgIpc) is 3.16. The van der Waals surface area contributed by atoms with Crippen LogP contribution in [0.5, 0.6) is 0 Å². The molecule has 1 saturated heterocycles. The first-order valence-electron chi connectivity index (χ1n) is 7.46. The zero-order valence-corrected chi connectivity index (χ0v) is 14.2. The number of hydrogen-bond donors (Lipinski definition) is 0. The molecule has 0 bridgehead atoms. The zero-order valence-electron chi connectivity index (χ0n) is 13.4. The van der Waals surface area contributed by atoms with Crippen molar-refractivity contribution in [3.05, 3.63) is 24.0 Å². The molecule has 2 aromatic heterocycles. The normalized spacial score (nSPS) is 20.9. The molecular formula is C13H20N6O3S. The number of nitrogens with zero attached hydrogens (tertiary/aromatic N) is 6. The van der Waals surface area contributed by atoms with Crippen LogP contribution in [0.15, 0.2) is 21.8 Å². The highest BCUT2D eigenvalue weighted by atomic mass is 32.2. The molecule has 1 unspecified atom stereocenters. The maximum atomic E-state index is 12.9. The van der Waals surface area contributed by atoms with Crippen molar-refractivity contribution in [2.75, 3.05) is 26.7 Å². The van der Waals surface area contributed by atoms with Gasteiger partial charge in [-0.3, -0.25) is 9.58 Å². The van der Waals surface area contributed by atoms with Crippen LogP contribution in [0.25, 0.3) is 0 Å². The minimum atomic E-state index is -3.60. The van der Waals surface area contributed by atoms with Gasteiger partial charge >= 0.3 is 0 Å². The van der Waals surface area contributed by atoms with Crippen molar-refractivity contribution in [2.45, 2.75) is 31.5 Å². The van der Waals surface area contributed by atoms with E-state index in [9.17, 15) is 8.42 Å². The van der Waals surface area contributed by atoms with Crippen LogP contribution in [0.4, 0.5) is 0 Å². The molecule has 0 N–H and O–H groups in total. The lowest BCUT2D eigenvalue weighted by atomic mass is 10.2. The third kappa shape index (κ3) is 2.89. The second-order valence-electron chi connectivity index (χ2n) is 5.52. The topological polar surface area (TPSA) is 97.4 Å².